The molecule has 2 N–H and O–H groups in total. The lowest BCUT2D eigenvalue weighted by Gasteiger charge is -2.05. The normalized spacial score (nSPS) is 9.47. The Morgan fingerprint density at radius 1 is 1.37 bits per heavy atom. The molecule has 19 heavy (non-hydrogen) atoms. The van der Waals surface area contributed by atoms with Crippen LogP contribution in [-0.2, 0) is 4.79 Å². The van der Waals surface area contributed by atoms with E-state index in [1.165, 1.54) is 17.6 Å². The van der Waals surface area contributed by atoms with Crippen molar-refractivity contribution in [2.24, 2.45) is 4.99 Å². The van der Waals surface area contributed by atoms with E-state index < -0.39 is 6.03 Å². The molecule has 7 nitrogen and oxygen atoms in total. The Morgan fingerprint density at radius 3 is 2.79 bits per heavy atom. The molecule has 8 heteroatoms. The summed E-state index contributed by atoms with van der Waals surface area (Å²) >= 11 is 1.30. The Labute approximate surface area is 112 Å². The van der Waals surface area contributed by atoms with Gasteiger partial charge >= 0.3 is 6.03 Å². The van der Waals surface area contributed by atoms with Crippen LogP contribution in [0.15, 0.2) is 35.5 Å². The van der Waals surface area contributed by atoms with Gasteiger partial charge in [0.2, 0.25) is 6.08 Å². The molecule has 0 aliphatic rings. The van der Waals surface area contributed by atoms with Gasteiger partial charge < -0.3 is 10.6 Å². The van der Waals surface area contributed by atoms with Crippen molar-refractivity contribution >= 4 is 29.3 Å². The zero-order chi connectivity index (χ0) is 13.5. The van der Waals surface area contributed by atoms with Gasteiger partial charge in [0.05, 0.1) is 11.1 Å². The van der Waals surface area contributed by atoms with Crippen molar-refractivity contribution in [1.29, 1.82) is 0 Å². The van der Waals surface area contributed by atoms with Gasteiger partial charge in [0.15, 0.2) is 0 Å². The Morgan fingerprint density at radius 2 is 2.16 bits per heavy atom. The monoisotopic (exact) mass is 275 g/mol. The van der Waals surface area contributed by atoms with Crippen molar-refractivity contribution in [2.45, 2.75) is 0 Å². The van der Waals surface area contributed by atoms with Gasteiger partial charge in [-0.2, -0.15) is 4.99 Å². The smallest absolute Gasteiger partial charge is 0.318 e. The van der Waals surface area contributed by atoms with Crippen molar-refractivity contribution in [3.8, 4) is 10.4 Å². The first kappa shape index (κ1) is 12.9. The number of carbonyl (C=O) groups excluding carboxylic acids is 2. The molecule has 2 aromatic rings. The molecule has 96 valence electrons. The van der Waals surface area contributed by atoms with Gasteiger partial charge in [-0.1, -0.05) is 16.6 Å². The number of nitrogens with one attached hydrogen (secondary N) is 2. The van der Waals surface area contributed by atoms with E-state index in [4.69, 9.17) is 0 Å². The van der Waals surface area contributed by atoms with Crippen molar-refractivity contribution in [3.05, 3.63) is 30.5 Å². The number of hydrogen-bond acceptors (Lipinski definition) is 6. The summed E-state index contributed by atoms with van der Waals surface area (Å²) < 4.78 is 3.78. The van der Waals surface area contributed by atoms with E-state index in [-0.39, 0.29) is 6.67 Å². The number of nitrogens with zero attached hydrogens (tertiary/aromatic N) is 3. The van der Waals surface area contributed by atoms with Crippen molar-refractivity contribution < 1.29 is 9.59 Å². The molecule has 2 amide bonds. The predicted molar refractivity (Wildman–Crippen MR) is 70.5 cm³/mol. The summed E-state index contributed by atoms with van der Waals surface area (Å²) in [4.78, 5) is 25.4. The molecule has 0 fully saturated rings. The highest BCUT2D eigenvalue weighted by Crippen LogP contribution is 2.23. The number of anilines is 1. The van der Waals surface area contributed by atoms with Crippen LogP contribution in [-0.4, -0.2) is 28.4 Å². The van der Waals surface area contributed by atoms with Gasteiger partial charge in [0.1, 0.15) is 6.67 Å². The maximum Gasteiger partial charge on any atom is 0.320 e. The summed E-state index contributed by atoms with van der Waals surface area (Å²) in [6.07, 6.45) is 3.01. The summed E-state index contributed by atoms with van der Waals surface area (Å²) in [5.74, 6) is 0. The minimum absolute atomic E-state index is 0.0973. The van der Waals surface area contributed by atoms with Crippen LogP contribution in [0, 0.1) is 0 Å². The Kier molecular flexibility index (Phi) is 4.33. The first-order chi connectivity index (χ1) is 9.29. The standard InChI is InChI=1S/C11H9N5O2S/c17-7-12-6-13-11(18)15-9-3-1-8(2-4-9)10-5-14-16-19-10/h1-5H,6H2,(H2,13,15,18). The first-order valence-corrected chi connectivity index (χ1v) is 6.03. The van der Waals surface area contributed by atoms with Crippen molar-refractivity contribution in [1.82, 2.24) is 14.9 Å². The van der Waals surface area contributed by atoms with E-state index in [1.807, 2.05) is 12.1 Å². The van der Waals surface area contributed by atoms with Crippen LogP contribution in [0.4, 0.5) is 10.5 Å². The number of rotatable bonds is 4. The van der Waals surface area contributed by atoms with Crippen LogP contribution >= 0.6 is 11.5 Å². The highest BCUT2D eigenvalue weighted by Gasteiger charge is 2.03. The zero-order valence-electron chi connectivity index (χ0n) is 9.66. The number of urea groups is 1. The SMILES string of the molecule is O=C=NCNC(=O)Nc1ccc(-c2cnns2)cc1. The van der Waals surface area contributed by atoms with Gasteiger partial charge in [0.25, 0.3) is 0 Å². The molecule has 0 bridgehead atoms. The molecule has 0 saturated carbocycles. The quantitative estimate of drug-likeness (QED) is 0.654. The average Bonchev–Trinajstić information content (AvgIpc) is 2.94. The maximum absolute atomic E-state index is 11.4. The van der Waals surface area contributed by atoms with Gasteiger partial charge in [-0.05, 0) is 29.2 Å². The fraction of sp³-hybridized carbons (Fsp3) is 0.0909. The third-order valence-electron chi connectivity index (χ3n) is 2.17. The van der Waals surface area contributed by atoms with Gasteiger partial charge in [-0.25, -0.2) is 9.59 Å². The molecular formula is C11H9N5O2S. The number of amides is 2. The molecule has 0 unspecified atom stereocenters. The van der Waals surface area contributed by atoms with Crippen LogP contribution in [0.5, 0.6) is 0 Å². The minimum atomic E-state index is -0.439. The third kappa shape index (κ3) is 3.70. The lowest BCUT2D eigenvalue weighted by atomic mass is 10.2. The van der Waals surface area contributed by atoms with E-state index in [0.29, 0.717) is 5.69 Å². The second kappa shape index (κ2) is 6.39. The molecule has 0 atom stereocenters. The number of benzene rings is 1. The second-order valence-corrected chi connectivity index (χ2v) is 4.18. The molecule has 1 aromatic carbocycles. The van der Waals surface area contributed by atoms with Crippen LogP contribution in [0.3, 0.4) is 0 Å². The van der Waals surface area contributed by atoms with Gasteiger partial charge in [-0.15, -0.1) is 5.10 Å². The zero-order valence-corrected chi connectivity index (χ0v) is 10.5. The molecule has 0 spiro atoms. The minimum Gasteiger partial charge on any atom is -0.318 e. The molecule has 0 saturated heterocycles. The van der Waals surface area contributed by atoms with E-state index in [1.54, 1.807) is 18.3 Å². The average molecular weight is 275 g/mol. The van der Waals surface area contributed by atoms with Crippen LogP contribution < -0.4 is 10.6 Å². The molecule has 1 heterocycles. The number of hydrogen-bond donors (Lipinski definition) is 2. The van der Waals surface area contributed by atoms with Crippen LogP contribution in [0.25, 0.3) is 10.4 Å². The van der Waals surface area contributed by atoms with E-state index in [0.717, 1.165) is 10.4 Å². The fourth-order valence-corrected chi connectivity index (χ4v) is 1.85. The summed E-state index contributed by atoms with van der Waals surface area (Å²) in [7, 11) is 0. The summed E-state index contributed by atoms with van der Waals surface area (Å²) in [6, 6.07) is 6.80. The lowest BCUT2D eigenvalue weighted by Crippen LogP contribution is -2.28. The van der Waals surface area contributed by atoms with E-state index in [2.05, 4.69) is 25.2 Å². The molecular weight excluding hydrogens is 266 g/mol. The summed E-state index contributed by atoms with van der Waals surface area (Å²) in [5, 5.41) is 8.74. The molecule has 0 aliphatic carbocycles. The largest absolute Gasteiger partial charge is 0.320 e. The van der Waals surface area contributed by atoms with Gasteiger partial charge in [0, 0.05) is 5.69 Å². The Bertz CT molecular complexity index is 590. The Balaban J connectivity index is 1.95. The molecule has 1 aromatic heterocycles. The van der Waals surface area contributed by atoms with Crippen LogP contribution in [0.2, 0.25) is 0 Å². The predicted octanol–water partition coefficient (Wildman–Crippen LogP) is 1.62. The number of aliphatic imine (C=N–C) groups is 1. The molecule has 0 radical (unpaired) electrons. The first-order valence-electron chi connectivity index (χ1n) is 5.26. The maximum atomic E-state index is 11.4. The third-order valence-corrected chi connectivity index (χ3v) is 2.89. The fourth-order valence-electron chi connectivity index (χ4n) is 1.33. The molecule has 0 aliphatic heterocycles. The Hall–Kier alpha value is -2.57. The van der Waals surface area contributed by atoms with Crippen molar-refractivity contribution in [2.75, 3.05) is 12.0 Å². The highest BCUT2D eigenvalue weighted by molar-refractivity contribution is 7.09. The molecule has 2 rings (SSSR count). The summed E-state index contributed by atoms with van der Waals surface area (Å²) in [6.45, 7) is -0.0973. The summed E-state index contributed by atoms with van der Waals surface area (Å²) in [5.41, 5.74) is 1.61. The van der Waals surface area contributed by atoms with Crippen LogP contribution in [0.1, 0.15) is 0 Å². The number of carbonyl (C=O) groups is 1. The lowest BCUT2D eigenvalue weighted by molar-refractivity contribution is 0.252. The number of isocyanates is 1. The van der Waals surface area contributed by atoms with Crippen molar-refractivity contribution in [3.63, 3.8) is 0 Å². The topological polar surface area (TPSA) is 96.3 Å². The van der Waals surface area contributed by atoms with E-state index >= 15 is 0 Å². The second-order valence-electron chi connectivity index (χ2n) is 3.40. The number of aromatic nitrogens is 2. The van der Waals surface area contributed by atoms with E-state index in [9.17, 15) is 9.59 Å². The van der Waals surface area contributed by atoms with Gasteiger partial charge in [-0.3, -0.25) is 0 Å². The highest BCUT2D eigenvalue weighted by atomic mass is 32.1.